The van der Waals surface area contributed by atoms with E-state index in [0.717, 1.165) is 42.3 Å². The Bertz CT molecular complexity index is 626. The molecular weight excluding hydrogens is 248 g/mol. The van der Waals surface area contributed by atoms with E-state index >= 15 is 0 Å². The normalized spacial score (nSPS) is 16.6. The van der Waals surface area contributed by atoms with Crippen molar-refractivity contribution < 1.29 is 4.79 Å². The molecule has 0 saturated heterocycles. The summed E-state index contributed by atoms with van der Waals surface area (Å²) in [5, 5.41) is 8.54. The molecule has 1 aliphatic carbocycles. The van der Waals surface area contributed by atoms with Crippen molar-refractivity contribution >= 4 is 22.4 Å². The number of hydrogen-bond acceptors (Lipinski definition) is 2. The van der Waals surface area contributed by atoms with Gasteiger partial charge in [-0.3, -0.25) is 4.79 Å². The van der Waals surface area contributed by atoms with Crippen molar-refractivity contribution in [2.45, 2.75) is 19.3 Å². The first-order valence-electron chi connectivity index (χ1n) is 7.19. The highest BCUT2D eigenvalue weighted by Crippen LogP contribution is 2.41. The molecule has 0 unspecified atom stereocenters. The van der Waals surface area contributed by atoms with Crippen LogP contribution < -0.4 is 10.6 Å². The molecule has 0 radical (unpaired) electrons. The van der Waals surface area contributed by atoms with E-state index in [1.165, 1.54) is 0 Å². The lowest BCUT2D eigenvalue weighted by atomic mass is 9.68. The van der Waals surface area contributed by atoms with E-state index in [1.54, 1.807) is 0 Å². The van der Waals surface area contributed by atoms with Crippen LogP contribution in [-0.2, 0) is 4.79 Å². The molecule has 2 N–H and O–H groups in total. The highest BCUT2D eigenvalue weighted by molar-refractivity contribution is 6.04. The predicted octanol–water partition coefficient (Wildman–Crippen LogP) is 3.17. The number of rotatable bonds is 4. The molecule has 2 aromatic carbocycles. The predicted molar refractivity (Wildman–Crippen MR) is 82.8 cm³/mol. The molecule has 0 bridgehead atoms. The third kappa shape index (κ3) is 2.18. The molecule has 1 saturated carbocycles. The third-order valence-corrected chi connectivity index (χ3v) is 4.35. The lowest BCUT2D eigenvalue weighted by Crippen LogP contribution is -2.48. The lowest BCUT2D eigenvalue weighted by Gasteiger charge is -2.40. The van der Waals surface area contributed by atoms with Gasteiger partial charge in [0.1, 0.15) is 0 Å². The molecule has 0 aromatic heterocycles. The maximum atomic E-state index is 12.6. The third-order valence-electron chi connectivity index (χ3n) is 4.35. The summed E-state index contributed by atoms with van der Waals surface area (Å²) < 4.78 is 0. The van der Waals surface area contributed by atoms with Gasteiger partial charge < -0.3 is 10.6 Å². The van der Waals surface area contributed by atoms with Crippen LogP contribution in [0.5, 0.6) is 0 Å². The second-order valence-electron chi connectivity index (χ2n) is 5.65. The van der Waals surface area contributed by atoms with Gasteiger partial charge in [0.15, 0.2) is 0 Å². The molecule has 0 heterocycles. The van der Waals surface area contributed by atoms with E-state index < -0.39 is 0 Å². The molecule has 1 amide bonds. The monoisotopic (exact) mass is 268 g/mol. The van der Waals surface area contributed by atoms with Crippen LogP contribution in [0.3, 0.4) is 0 Å². The van der Waals surface area contributed by atoms with Crippen molar-refractivity contribution in [1.29, 1.82) is 0 Å². The Labute approximate surface area is 119 Å². The van der Waals surface area contributed by atoms with Crippen LogP contribution >= 0.6 is 0 Å². The Morgan fingerprint density at radius 3 is 2.60 bits per heavy atom. The second-order valence-corrected chi connectivity index (χ2v) is 5.65. The minimum Gasteiger partial charge on any atom is -0.325 e. The zero-order valence-electron chi connectivity index (χ0n) is 11.8. The number of amides is 1. The van der Waals surface area contributed by atoms with Gasteiger partial charge in [0.25, 0.3) is 0 Å². The molecular formula is C17H20N2O. The quantitative estimate of drug-likeness (QED) is 0.894. The zero-order valence-corrected chi connectivity index (χ0v) is 11.8. The summed E-state index contributed by atoms with van der Waals surface area (Å²) in [6.45, 7) is 0.754. The first-order valence-corrected chi connectivity index (χ1v) is 7.19. The van der Waals surface area contributed by atoms with Crippen LogP contribution in [0.15, 0.2) is 42.5 Å². The molecule has 1 fully saturated rings. The average molecular weight is 268 g/mol. The molecule has 0 aliphatic heterocycles. The maximum Gasteiger partial charge on any atom is 0.231 e. The van der Waals surface area contributed by atoms with Crippen molar-refractivity contribution in [3.63, 3.8) is 0 Å². The number of anilines is 1. The average Bonchev–Trinajstić information content (AvgIpc) is 2.43. The first kappa shape index (κ1) is 13.1. The fourth-order valence-corrected chi connectivity index (χ4v) is 3.02. The van der Waals surface area contributed by atoms with Crippen molar-refractivity contribution in [3.05, 3.63) is 42.5 Å². The van der Waals surface area contributed by atoms with Gasteiger partial charge in [-0.1, -0.05) is 42.8 Å². The Hall–Kier alpha value is -1.87. The Morgan fingerprint density at radius 1 is 1.15 bits per heavy atom. The van der Waals surface area contributed by atoms with Crippen LogP contribution in [0.25, 0.3) is 10.8 Å². The smallest absolute Gasteiger partial charge is 0.231 e. The zero-order chi connectivity index (χ0) is 14.0. The summed E-state index contributed by atoms with van der Waals surface area (Å²) in [4.78, 5) is 12.6. The van der Waals surface area contributed by atoms with Crippen molar-refractivity contribution in [2.24, 2.45) is 5.41 Å². The van der Waals surface area contributed by atoms with Crippen LogP contribution in [0.4, 0.5) is 5.69 Å². The van der Waals surface area contributed by atoms with E-state index in [1.807, 2.05) is 31.3 Å². The van der Waals surface area contributed by atoms with E-state index in [0.29, 0.717) is 0 Å². The topological polar surface area (TPSA) is 41.1 Å². The van der Waals surface area contributed by atoms with Gasteiger partial charge in [-0.05, 0) is 31.3 Å². The minimum absolute atomic E-state index is 0.148. The standard InChI is InChI=1S/C17H20N2O/c1-18-12-17(10-5-11-17)16(20)19-15-9-4-7-13-6-2-3-8-14(13)15/h2-4,6-9,18H,5,10-12H2,1H3,(H,19,20). The summed E-state index contributed by atoms with van der Waals surface area (Å²) in [7, 11) is 1.91. The molecule has 20 heavy (non-hydrogen) atoms. The van der Waals surface area contributed by atoms with Crippen molar-refractivity contribution in [3.8, 4) is 0 Å². The molecule has 3 heteroatoms. The molecule has 2 aromatic rings. The van der Waals surface area contributed by atoms with Gasteiger partial charge in [-0.15, -0.1) is 0 Å². The van der Waals surface area contributed by atoms with Gasteiger partial charge in [0, 0.05) is 17.6 Å². The van der Waals surface area contributed by atoms with Gasteiger partial charge in [-0.25, -0.2) is 0 Å². The number of carbonyl (C=O) groups excluding carboxylic acids is 1. The number of carbonyl (C=O) groups is 1. The summed E-state index contributed by atoms with van der Waals surface area (Å²) in [6.07, 6.45) is 3.10. The van der Waals surface area contributed by atoms with E-state index in [-0.39, 0.29) is 11.3 Å². The van der Waals surface area contributed by atoms with Gasteiger partial charge in [0.05, 0.1) is 5.41 Å². The van der Waals surface area contributed by atoms with E-state index in [2.05, 4.69) is 28.8 Å². The maximum absolute atomic E-state index is 12.6. The summed E-state index contributed by atoms with van der Waals surface area (Å²) >= 11 is 0. The Balaban J connectivity index is 1.88. The number of fused-ring (bicyclic) bond motifs is 1. The molecule has 104 valence electrons. The van der Waals surface area contributed by atoms with Crippen LogP contribution in [0.1, 0.15) is 19.3 Å². The van der Waals surface area contributed by atoms with Crippen molar-refractivity contribution in [2.75, 3.05) is 18.9 Å². The highest BCUT2D eigenvalue weighted by Gasteiger charge is 2.43. The van der Waals surface area contributed by atoms with Gasteiger partial charge in [0.2, 0.25) is 5.91 Å². The molecule has 0 atom stereocenters. The number of benzene rings is 2. The summed E-state index contributed by atoms with van der Waals surface area (Å²) in [6, 6.07) is 14.2. The van der Waals surface area contributed by atoms with E-state index in [9.17, 15) is 4.79 Å². The van der Waals surface area contributed by atoms with Gasteiger partial charge in [-0.2, -0.15) is 0 Å². The second kappa shape index (κ2) is 5.25. The summed E-state index contributed by atoms with van der Waals surface area (Å²) in [5.41, 5.74) is 0.696. The number of nitrogens with one attached hydrogen (secondary N) is 2. The molecule has 3 nitrogen and oxygen atoms in total. The SMILES string of the molecule is CNCC1(C(=O)Nc2cccc3ccccc23)CCC1. The largest absolute Gasteiger partial charge is 0.325 e. The van der Waals surface area contributed by atoms with Gasteiger partial charge >= 0.3 is 0 Å². The molecule has 1 aliphatic rings. The highest BCUT2D eigenvalue weighted by atomic mass is 16.2. The fraction of sp³-hybridized carbons (Fsp3) is 0.353. The van der Waals surface area contributed by atoms with Crippen LogP contribution in [-0.4, -0.2) is 19.5 Å². The minimum atomic E-state index is -0.217. The van der Waals surface area contributed by atoms with Crippen molar-refractivity contribution in [1.82, 2.24) is 5.32 Å². The number of hydrogen-bond donors (Lipinski definition) is 2. The fourth-order valence-electron chi connectivity index (χ4n) is 3.02. The first-order chi connectivity index (χ1) is 9.75. The Kier molecular flexibility index (Phi) is 3.45. The molecule has 0 spiro atoms. The van der Waals surface area contributed by atoms with Crippen LogP contribution in [0.2, 0.25) is 0 Å². The summed E-state index contributed by atoms with van der Waals surface area (Å²) in [5.74, 6) is 0.148. The lowest BCUT2D eigenvalue weighted by molar-refractivity contribution is -0.129. The van der Waals surface area contributed by atoms with Crippen LogP contribution in [0, 0.1) is 5.41 Å². The Morgan fingerprint density at radius 2 is 1.90 bits per heavy atom. The van der Waals surface area contributed by atoms with E-state index in [4.69, 9.17) is 0 Å². The molecule has 3 rings (SSSR count).